The summed E-state index contributed by atoms with van der Waals surface area (Å²) >= 11 is 0. The van der Waals surface area contributed by atoms with Gasteiger partial charge in [-0.15, -0.1) is 0 Å². The summed E-state index contributed by atoms with van der Waals surface area (Å²) in [6, 6.07) is 0. The highest BCUT2D eigenvalue weighted by Gasteiger charge is 2.26. The summed E-state index contributed by atoms with van der Waals surface area (Å²) in [4.78, 5) is 0. The molecule has 86 valence electrons. The smallest absolute Gasteiger partial charge is 0.0285 e. The monoisotopic (exact) mass is 208 g/mol. The van der Waals surface area contributed by atoms with Gasteiger partial charge in [0, 0.05) is 18.4 Å². The Kier molecular flexibility index (Phi) is 4.73. The van der Waals surface area contributed by atoms with E-state index in [0.717, 1.165) is 24.0 Å². The molecule has 0 aromatic carbocycles. The number of hydrogen-bond donors (Lipinski definition) is 2. The van der Waals surface area contributed by atoms with Gasteiger partial charge in [-0.2, -0.15) is 0 Å². The zero-order valence-corrected chi connectivity index (χ0v) is 10.1. The minimum atomic E-state index is 0.650. The molecule has 0 radical (unpaired) electrons. The van der Waals surface area contributed by atoms with Gasteiger partial charge in [0.2, 0.25) is 0 Å². The van der Waals surface area contributed by atoms with Crippen LogP contribution in [0.5, 0.6) is 0 Å². The molecule has 2 nitrogen and oxygen atoms in total. The average Bonchev–Trinajstić information content (AvgIpc) is 2.14. The number of rotatable bonds is 6. The van der Waals surface area contributed by atoms with E-state index in [9.17, 15) is 0 Å². The molecule has 1 fully saturated rings. The maximum atomic E-state index is 5.55. The van der Waals surface area contributed by atoms with Crippen molar-refractivity contribution in [1.82, 2.24) is 5.32 Å². The largest absolute Gasteiger partial charge is 0.399 e. The van der Waals surface area contributed by atoms with Gasteiger partial charge in [-0.3, -0.25) is 0 Å². The van der Waals surface area contributed by atoms with Crippen molar-refractivity contribution >= 4 is 0 Å². The summed E-state index contributed by atoms with van der Waals surface area (Å²) in [6.07, 6.45) is 7.49. The van der Waals surface area contributed by atoms with E-state index in [1.165, 1.54) is 25.7 Å². The first kappa shape index (κ1) is 12.2. The zero-order chi connectivity index (χ0) is 11.3. The molecule has 0 bridgehead atoms. The first-order valence-corrected chi connectivity index (χ1v) is 5.98. The standard InChI is InChI=1S/C13H24N2/c1-4-12-7-13(8-12)5-6-15-9-10(2)11(3)14/h9,12-13,15H,3-8,14H2,1-2H3/b10-9-. The minimum absolute atomic E-state index is 0.650. The zero-order valence-electron chi connectivity index (χ0n) is 10.1. The Balaban J connectivity index is 2.03. The fourth-order valence-electron chi connectivity index (χ4n) is 2.05. The molecule has 0 aromatic rings. The van der Waals surface area contributed by atoms with Crippen molar-refractivity contribution in [3.05, 3.63) is 24.0 Å². The Morgan fingerprint density at radius 3 is 2.67 bits per heavy atom. The molecule has 0 saturated heterocycles. The maximum absolute atomic E-state index is 5.55. The number of hydrogen-bond acceptors (Lipinski definition) is 2. The molecule has 0 unspecified atom stereocenters. The van der Waals surface area contributed by atoms with Crippen LogP contribution in [0.3, 0.4) is 0 Å². The number of nitrogens with two attached hydrogens (primary N) is 1. The Hall–Kier alpha value is -0.920. The maximum Gasteiger partial charge on any atom is 0.0285 e. The van der Waals surface area contributed by atoms with Crippen LogP contribution in [0.2, 0.25) is 0 Å². The van der Waals surface area contributed by atoms with Gasteiger partial charge < -0.3 is 11.1 Å². The van der Waals surface area contributed by atoms with Gasteiger partial charge in [0.15, 0.2) is 0 Å². The van der Waals surface area contributed by atoms with Crippen molar-refractivity contribution in [2.24, 2.45) is 17.6 Å². The third-order valence-electron chi connectivity index (χ3n) is 3.43. The molecule has 15 heavy (non-hydrogen) atoms. The van der Waals surface area contributed by atoms with E-state index in [1.54, 1.807) is 0 Å². The molecule has 0 aliphatic heterocycles. The van der Waals surface area contributed by atoms with Crippen molar-refractivity contribution in [3.63, 3.8) is 0 Å². The van der Waals surface area contributed by atoms with Crippen molar-refractivity contribution < 1.29 is 0 Å². The van der Waals surface area contributed by atoms with E-state index >= 15 is 0 Å². The van der Waals surface area contributed by atoms with Gasteiger partial charge in [-0.1, -0.05) is 19.9 Å². The predicted molar refractivity (Wildman–Crippen MR) is 66.2 cm³/mol. The highest BCUT2D eigenvalue weighted by Crippen LogP contribution is 2.37. The number of allylic oxidation sites excluding steroid dienone is 1. The van der Waals surface area contributed by atoms with E-state index in [1.807, 2.05) is 13.1 Å². The first-order chi connectivity index (χ1) is 7.13. The fraction of sp³-hybridized carbons (Fsp3) is 0.692. The van der Waals surface area contributed by atoms with Crippen molar-refractivity contribution in [1.29, 1.82) is 0 Å². The Bertz CT molecular complexity index is 237. The lowest BCUT2D eigenvalue weighted by Gasteiger charge is -2.34. The van der Waals surface area contributed by atoms with E-state index in [0.29, 0.717) is 5.70 Å². The van der Waals surface area contributed by atoms with E-state index in [-0.39, 0.29) is 0 Å². The normalized spacial score (nSPS) is 25.9. The van der Waals surface area contributed by atoms with Crippen LogP contribution in [0.25, 0.3) is 0 Å². The lowest BCUT2D eigenvalue weighted by molar-refractivity contribution is 0.177. The summed E-state index contributed by atoms with van der Waals surface area (Å²) in [5, 5.41) is 3.30. The fourth-order valence-corrected chi connectivity index (χ4v) is 2.05. The second-order valence-electron chi connectivity index (χ2n) is 4.71. The van der Waals surface area contributed by atoms with E-state index in [2.05, 4.69) is 18.8 Å². The van der Waals surface area contributed by atoms with Crippen LogP contribution in [-0.4, -0.2) is 6.54 Å². The highest BCUT2D eigenvalue weighted by atomic mass is 14.8. The molecule has 0 atom stereocenters. The summed E-state index contributed by atoms with van der Waals surface area (Å²) in [7, 11) is 0. The second kappa shape index (κ2) is 5.84. The molecule has 1 aliphatic rings. The number of nitrogens with one attached hydrogen (secondary N) is 1. The van der Waals surface area contributed by atoms with Crippen LogP contribution in [-0.2, 0) is 0 Å². The Labute approximate surface area is 93.6 Å². The Morgan fingerprint density at radius 1 is 1.47 bits per heavy atom. The molecule has 0 aromatic heterocycles. The van der Waals surface area contributed by atoms with Crippen LogP contribution < -0.4 is 11.1 Å². The predicted octanol–water partition coefficient (Wildman–Crippen LogP) is 2.78. The van der Waals surface area contributed by atoms with Crippen molar-refractivity contribution in [2.75, 3.05) is 6.54 Å². The van der Waals surface area contributed by atoms with Gasteiger partial charge in [-0.05, 0) is 43.6 Å². The summed E-state index contributed by atoms with van der Waals surface area (Å²) < 4.78 is 0. The SMILES string of the molecule is C=C(N)/C(C)=C\NCCC1CC(CC)C1. The topological polar surface area (TPSA) is 38.0 Å². The minimum Gasteiger partial charge on any atom is -0.399 e. The molecule has 1 saturated carbocycles. The molecule has 1 rings (SSSR count). The van der Waals surface area contributed by atoms with Crippen LogP contribution >= 0.6 is 0 Å². The van der Waals surface area contributed by atoms with E-state index in [4.69, 9.17) is 5.73 Å². The average molecular weight is 208 g/mol. The molecular weight excluding hydrogens is 184 g/mol. The Morgan fingerprint density at radius 2 is 2.13 bits per heavy atom. The summed E-state index contributed by atoms with van der Waals surface area (Å²) in [5.74, 6) is 1.97. The summed E-state index contributed by atoms with van der Waals surface area (Å²) in [6.45, 7) is 9.02. The molecule has 0 heterocycles. The van der Waals surface area contributed by atoms with Crippen LogP contribution in [0.4, 0.5) is 0 Å². The van der Waals surface area contributed by atoms with Crippen LogP contribution in [0, 0.1) is 11.8 Å². The third-order valence-corrected chi connectivity index (χ3v) is 3.43. The lowest BCUT2D eigenvalue weighted by Crippen LogP contribution is -2.26. The molecule has 0 amide bonds. The molecular formula is C13H24N2. The molecule has 0 spiro atoms. The van der Waals surface area contributed by atoms with Crippen molar-refractivity contribution in [2.45, 2.75) is 39.5 Å². The first-order valence-electron chi connectivity index (χ1n) is 5.98. The molecule has 2 heteroatoms. The quantitative estimate of drug-likeness (QED) is 0.520. The van der Waals surface area contributed by atoms with Crippen LogP contribution in [0.15, 0.2) is 24.0 Å². The van der Waals surface area contributed by atoms with Gasteiger partial charge in [0.25, 0.3) is 0 Å². The molecule has 3 N–H and O–H groups in total. The third kappa shape index (κ3) is 3.98. The summed E-state index contributed by atoms with van der Waals surface area (Å²) in [5.41, 5.74) is 7.24. The van der Waals surface area contributed by atoms with Gasteiger partial charge in [0.05, 0.1) is 0 Å². The van der Waals surface area contributed by atoms with Gasteiger partial charge in [0.1, 0.15) is 0 Å². The van der Waals surface area contributed by atoms with E-state index < -0.39 is 0 Å². The second-order valence-corrected chi connectivity index (χ2v) is 4.71. The molecule has 1 aliphatic carbocycles. The lowest BCUT2D eigenvalue weighted by atomic mass is 9.72. The van der Waals surface area contributed by atoms with Crippen LogP contribution in [0.1, 0.15) is 39.5 Å². The highest BCUT2D eigenvalue weighted by molar-refractivity contribution is 5.21. The van der Waals surface area contributed by atoms with Gasteiger partial charge in [-0.25, -0.2) is 0 Å². The van der Waals surface area contributed by atoms with Gasteiger partial charge >= 0.3 is 0 Å². The van der Waals surface area contributed by atoms with Crippen molar-refractivity contribution in [3.8, 4) is 0 Å².